The molecule has 3 amide bonds. The molecule has 126 valence electrons. The smallest absolute Gasteiger partial charge is 0.304 e. The van der Waals surface area contributed by atoms with Gasteiger partial charge >= 0.3 is 6.03 Å². The zero-order valence-corrected chi connectivity index (χ0v) is 13.7. The molecule has 2 heterocycles. The fraction of sp³-hybridized carbons (Fsp3) is 0.389. The summed E-state index contributed by atoms with van der Waals surface area (Å²) in [4.78, 5) is 40.4. The van der Waals surface area contributed by atoms with Crippen molar-refractivity contribution in [3.8, 4) is 0 Å². The molecule has 0 saturated carbocycles. The molecule has 24 heavy (non-hydrogen) atoms. The first-order chi connectivity index (χ1) is 11.5. The second kappa shape index (κ2) is 6.20. The number of ketones is 1. The van der Waals surface area contributed by atoms with Gasteiger partial charge in [-0.15, -0.1) is 6.58 Å². The van der Waals surface area contributed by atoms with Gasteiger partial charge in [0.1, 0.15) is 11.3 Å². The Labute approximate surface area is 141 Å². The Morgan fingerprint density at radius 3 is 2.67 bits per heavy atom. The van der Waals surface area contributed by atoms with Gasteiger partial charge in [0.05, 0.1) is 12.6 Å². The molecular formula is C18H21N3O3. The lowest BCUT2D eigenvalue weighted by Crippen LogP contribution is -2.51. The summed E-state index contributed by atoms with van der Waals surface area (Å²) in [6.45, 7) is 6.00. The van der Waals surface area contributed by atoms with Crippen molar-refractivity contribution >= 4 is 17.7 Å². The molecule has 1 N–H and O–H groups in total. The highest BCUT2D eigenvalue weighted by Gasteiger charge is 2.60. The van der Waals surface area contributed by atoms with Crippen molar-refractivity contribution in [3.05, 3.63) is 48.6 Å². The van der Waals surface area contributed by atoms with Crippen LogP contribution in [0.2, 0.25) is 0 Å². The van der Waals surface area contributed by atoms with Gasteiger partial charge in [0, 0.05) is 19.5 Å². The molecule has 6 nitrogen and oxygen atoms in total. The number of amides is 3. The summed E-state index contributed by atoms with van der Waals surface area (Å²) < 4.78 is 0. The molecule has 2 fully saturated rings. The normalized spacial score (nSPS) is 26.5. The molecule has 3 rings (SSSR count). The number of hydrogen-bond donors (Lipinski definition) is 1. The minimum Gasteiger partial charge on any atom is -0.304 e. The number of urea groups is 1. The summed E-state index contributed by atoms with van der Waals surface area (Å²) in [6, 6.07) is 8.69. The van der Waals surface area contributed by atoms with Gasteiger partial charge < -0.3 is 10.2 Å². The van der Waals surface area contributed by atoms with Crippen LogP contribution in [-0.4, -0.2) is 52.2 Å². The molecule has 2 saturated heterocycles. The highest BCUT2D eigenvalue weighted by atomic mass is 16.2. The third-order valence-electron chi connectivity index (χ3n) is 4.79. The van der Waals surface area contributed by atoms with Crippen molar-refractivity contribution in [1.82, 2.24) is 15.1 Å². The minimum absolute atomic E-state index is 0.0211. The number of carbonyl (C=O) groups excluding carboxylic acids is 3. The van der Waals surface area contributed by atoms with Gasteiger partial charge in [-0.1, -0.05) is 36.4 Å². The lowest BCUT2D eigenvalue weighted by molar-refractivity contribution is -0.132. The Morgan fingerprint density at radius 2 is 2.08 bits per heavy atom. The van der Waals surface area contributed by atoms with E-state index in [0.29, 0.717) is 13.0 Å². The quantitative estimate of drug-likeness (QED) is 0.654. The van der Waals surface area contributed by atoms with Gasteiger partial charge in [-0.2, -0.15) is 0 Å². The predicted octanol–water partition coefficient (Wildman–Crippen LogP) is 1.33. The van der Waals surface area contributed by atoms with E-state index in [1.54, 1.807) is 11.0 Å². The summed E-state index contributed by atoms with van der Waals surface area (Å²) in [5, 5.41) is 3.09. The van der Waals surface area contributed by atoms with E-state index >= 15 is 0 Å². The molecule has 1 spiro atoms. The molecule has 6 heteroatoms. The third-order valence-corrected chi connectivity index (χ3v) is 4.79. The van der Waals surface area contributed by atoms with Crippen LogP contribution in [0.3, 0.4) is 0 Å². The number of benzene rings is 1. The summed E-state index contributed by atoms with van der Waals surface area (Å²) in [7, 11) is 0. The van der Waals surface area contributed by atoms with Crippen molar-refractivity contribution in [3.63, 3.8) is 0 Å². The largest absolute Gasteiger partial charge is 0.328 e. The number of imide groups is 1. The maximum Gasteiger partial charge on any atom is 0.328 e. The van der Waals surface area contributed by atoms with Crippen LogP contribution in [0.4, 0.5) is 4.79 Å². The Bertz CT molecular complexity index is 688. The zero-order chi connectivity index (χ0) is 17.3. The van der Waals surface area contributed by atoms with Crippen LogP contribution < -0.4 is 5.32 Å². The van der Waals surface area contributed by atoms with Crippen LogP contribution >= 0.6 is 0 Å². The minimum atomic E-state index is -0.990. The van der Waals surface area contributed by atoms with Crippen molar-refractivity contribution < 1.29 is 14.4 Å². The molecular weight excluding hydrogens is 306 g/mol. The van der Waals surface area contributed by atoms with E-state index in [2.05, 4.69) is 11.9 Å². The molecule has 2 aliphatic heterocycles. The molecule has 0 bridgehead atoms. The van der Waals surface area contributed by atoms with E-state index < -0.39 is 11.6 Å². The molecule has 0 radical (unpaired) electrons. The van der Waals surface area contributed by atoms with E-state index in [-0.39, 0.29) is 30.8 Å². The first-order valence-electron chi connectivity index (χ1n) is 8.02. The molecule has 2 aliphatic rings. The predicted molar refractivity (Wildman–Crippen MR) is 89.1 cm³/mol. The van der Waals surface area contributed by atoms with Crippen LogP contribution in [0.15, 0.2) is 43.0 Å². The Kier molecular flexibility index (Phi) is 4.24. The van der Waals surface area contributed by atoms with Crippen molar-refractivity contribution in [2.24, 2.45) is 0 Å². The van der Waals surface area contributed by atoms with Gasteiger partial charge in [0.15, 0.2) is 0 Å². The molecule has 1 aromatic carbocycles. The van der Waals surface area contributed by atoms with Crippen molar-refractivity contribution in [1.29, 1.82) is 0 Å². The Balaban J connectivity index is 1.91. The maximum atomic E-state index is 13.1. The fourth-order valence-electron chi connectivity index (χ4n) is 3.50. The lowest BCUT2D eigenvalue weighted by atomic mass is 9.93. The van der Waals surface area contributed by atoms with Crippen molar-refractivity contribution in [2.45, 2.75) is 31.5 Å². The summed E-state index contributed by atoms with van der Waals surface area (Å²) in [6.07, 6.45) is 1.92. The van der Waals surface area contributed by atoms with Crippen LogP contribution in [0.5, 0.6) is 0 Å². The standard InChI is InChI=1S/C18H21N3O3/c1-3-9-21-17(24)20(11-14-7-5-4-6-8-14)16(23)18(21)10-15(13(2)22)19-12-18/h3-8,15,19H,1,9-12H2,2H3/t15-,18-/m0/s1. The number of rotatable bonds is 5. The zero-order valence-electron chi connectivity index (χ0n) is 13.7. The van der Waals surface area contributed by atoms with E-state index in [0.717, 1.165) is 5.56 Å². The number of nitrogens with zero attached hydrogens (tertiary/aromatic N) is 2. The maximum absolute atomic E-state index is 13.1. The van der Waals surface area contributed by atoms with E-state index in [1.807, 2.05) is 30.3 Å². The highest BCUT2D eigenvalue weighted by Crippen LogP contribution is 2.36. The van der Waals surface area contributed by atoms with Crippen LogP contribution in [0, 0.1) is 0 Å². The average Bonchev–Trinajstić information content (AvgIpc) is 3.10. The second-order valence-electron chi connectivity index (χ2n) is 6.34. The first kappa shape index (κ1) is 16.4. The lowest BCUT2D eigenvalue weighted by Gasteiger charge is -2.29. The molecule has 0 aliphatic carbocycles. The van der Waals surface area contributed by atoms with Crippen LogP contribution in [-0.2, 0) is 16.1 Å². The average molecular weight is 327 g/mol. The van der Waals surface area contributed by atoms with E-state index in [1.165, 1.54) is 11.8 Å². The van der Waals surface area contributed by atoms with Crippen LogP contribution in [0.25, 0.3) is 0 Å². The summed E-state index contributed by atoms with van der Waals surface area (Å²) in [5.74, 6) is -0.262. The van der Waals surface area contributed by atoms with E-state index in [4.69, 9.17) is 0 Å². The van der Waals surface area contributed by atoms with Gasteiger partial charge in [0.2, 0.25) is 0 Å². The number of hydrogen-bond acceptors (Lipinski definition) is 4. The van der Waals surface area contributed by atoms with Gasteiger partial charge in [-0.25, -0.2) is 4.79 Å². The monoisotopic (exact) mass is 327 g/mol. The molecule has 1 aromatic rings. The highest BCUT2D eigenvalue weighted by molar-refractivity contribution is 6.08. The van der Waals surface area contributed by atoms with Crippen LogP contribution in [0.1, 0.15) is 18.9 Å². The summed E-state index contributed by atoms with van der Waals surface area (Å²) >= 11 is 0. The molecule has 2 atom stereocenters. The third kappa shape index (κ3) is 2.53. The van der Waals surface area contributed by atoms with Crippen molar-refractivity contribution in [2.75, 3.05) is 13.1 Å². The Morgan fingerprint density at radius 1 is 1.38 bits per heavy atom. The summed E-state index contributed by atoms with van der Waals surface area (Å²) in [5.41, 5.74) is -0.0972. The SMILES string of the molecule is C=CCN1C(=O)N(Cc2ccccc2)C(=O)[C@]12CN[C@H](C(C)=O)C2. The molecule has 0 unspecified atom stereocenters. The fourth-order valence-corrected chi connectivity index (χ4v) is 3.50. The van der Waals surface area contributed by atoms with E-state index in [9.17, 15) is 14.4 Å². The second-order valence-corrected chi connectivity index (χ2v) is 6.34. The van der Waals surface area contributed by atoms with Gasteiger partial charge in [0.25, 0.3) is 5.91 Å². The Hall–Kier alpha value is -2.47. The topological polar surface area (TPSA) is 69.7 Å². The first-order valence-corrected chi connectivity index (χ1v) is 8.02. The molecule has 0 aromatic heterocycles. The number of nitrogens with one attached hydrogen (secondary N) is 1. The van der Waals surface area contributed by atoms with Gasteiger partial charge in [-0.05, 0) is 12.5 Å². The number of Topliss-reactive ketones (excluding diaryl/α,β-unsaturated/α-hetero) is 1. The van der Waals surface area contributed by atoms with Gasteiger partial charge in [-0.3, -0.25) is 14.5 Å². The number of carbonyl (C=O) groups is 3.